The first-order valence-electron chi connectivity index (χ1n) is 9.02. The number of anilines is 1. The first-order chi connectivity index (χ1) is 14.8. The number of benzene rings is 2. The van der Waals surface area contributed by atoms with Gasteiger partial charge in [0, 0.05) is 27.0 Å². The summed E-state index contributed by atoms with van der Waals surface area (Å²) >= 11 is 4.55. The minimum atomic E-state index is -0.178. The number of fused-ring (bicyclic) bond motifs is 1. The second-order valence-corrected chi connectivity index (χ2v) is 8.92. The minimum Gasteiger partial charge on any atom is -0.454 e. The van der Waals surface area contributed by atoms with Crippen LogP contribution in [-0.2, 0) is 5.75 Å². The van der Waals surface area contributed by atoms with Crippen molar-refractivity contribution in [3.63, 3.8) is 0 Å². The molecule has 0 fully saturated rings. The van der Waals surface area contributed by atoms with E-state index in [9.17, 15) is 4.79 Å². The monoisotopic (exact) mass is 453 g/mol. The van der Waals surface area contributed by atoms with Gasteiger partial charge in [-0.2, -0.15) is 0 Å². The molecule has 1 aliphatic heterocycles. The molecule has 0 spiro atoms. The van der Waals surface area contributed by atoms with Gasteiger partial charge in [-0.3, -0.25) is 10.1 Å². The molecular weight excluding hydrogens is 438 g/mol. The van der Waals surface area contributed by atoms with Crippen molar-refractivity contribution >= 4 is 45.5 Å². The molecule has 6 nitrogen and oxygen atoms in total. The van der Waals surface area contributed by atoms with Crippen LogP contribution in [0.2, 0.25) is 0 Å². The molecule has 0 atom stereocenters. The van der Waals surface area contributed by atoms with E-state index in [1.807, 2.05) is 58.7 Å². The highest BCUT2D eigenvalue weighted by Gasteiger charge is 2.17. The first-order valence-corrected chi connectivity index (χ1v) is 11.8. The Morgan fingerprint density at radius 1 is 1.13 bits per heavy atom. The number of nitrogens with zero attached hydrogens (tertiary/aromatic N) is 2. The van der Waals surface area contributed by atoms with Crippen LogP contribution in [0.15, 0.2) is 63.6 Å². The van der Waals surface area contributed by atoms with Gasteiger partial charge in [0.25, 0.3) is 5.91 Å². The number of hydrogen-bond donors (Lipinski definition) is 1. The molecule has 4 aromatic rings. The molecule has 0 saturated heterocycles. The lowest BCUT2D eigenvalue weighted by Crippen LogP contribution is -2.12. The zero-order valence-electron chi connectivity index (χ0n) is 15.5. The second kappa shape index (κ2) is 8.47. The largest absolute Gasteiger partial charge is 0.454 e. The van der Waals surface area contributed by atoms with E-state index in [0.29, 0.717) is 16.4 Å². The second-order valence-electron chi connectivity index (χ2n) is 6.32. The van der Waals surface area contributed by atoms with Gasteiger partial charge in [0.1, 0.15) is 0 Å². The molecule has 1 amide bonds. The molecule has 5 rings (SSSR count). The Morgan fingerprint density at radius 2 is 2.03 bits per heavy atom. The normalized spacial score (nSPS) is 12.1. The molecule has 0 unspecified atom stereocenters. The van der Waals surface area contributed by atoms with Crippen molar-refractivity contribution in [2.24, 2.45) is 0 Å². The number of nitrogens with one attached hydrogen (secondary N) is 1. The van der Waals surface area contributed by atoms with Gasteiger partial charge in [-0.1, -0.05) is 12.1 Å². The van der Waals surface area contributed by atoms with Crippen molar-refractivity contribution in [1.29, 1.82) is 0 Å². The van der Waals surface area contributed by atoms with E-state index < -0.39 is 0 Å². The maximum atomic E-state index is 12.9. The predicted octanol–water partition coefficient (Wildman–Crippen LogP) is 5.54. The van der Waals surface area contributed by atoms with Crippen LogP contribution >= 0.6 is 34.4 Å². The maximum Gasteiger partial charge on any atom is 0.258 e. The fraction of sp³-hybridized carbons (Fsp3) is 0.0952. The molecule has 0 saturated carbocycles. The Labute approximate surface area is 184 Å². The van der Waals surface area contributed by atoms with Gasteiger partial charge in [0.2, 0.25) is 6.79 Å². The van der Waals surface area contributed by atoms with Gasteiger partial charge in [-0.05, 0) is 30.3 Å². The van der Waals surface area contributed by atoms with Crippen LogP contribution in [0.4, 0.5) is 5.13 Å². The number of carbonyl (C=O) groups is 1. The molecule has 0 aliphatic carbocycles. The third-order valence-corrected chi connectivity index (χ3v) is 6.88. The molecule has 1 aliphatic rings. The lowest BCUT2D eigenvalue weighted by atomic mass is 10.1. The topological polar surface area (TPSA) is 73.3 Å². The number of ether oxygens (including phenoxy) is 2. The number of hydrogen-bond acceptors (Lipinski definition) is 8. The van der Waals surface area contributed by atoms with Crippen molar-refractivity contribution < 1.29 is 14.3 Å². The van der Waals surface area contributed by atoms with E-state index in [0.717, 1.165) is 33.3 Å². The van der Waals surface area contributed by atoms with E-state index >= 15 is 0 Å². The molecule has 0 bridgehead atoms. The van der Waals surface area contributed by atoms with E-state index in [1.54, 1.807) is 23.1 Å². The van der Waals surface area contributed by atoms with Crippen LogP contribution < -0.4 is 14.8 Å². The highest BCUT2D eigenvalue weighted by atomic mass is 32.2. The number of carbonyl (C=O) groups excluding carboxylic acids is 1. The van der Waals surface area contributed by atoms with Crippen LogP contribution in [0.5, 0.6) is 11.5 Å². The summed E-state index contributed by atoms with van der Waals surface area (Å²) in [4.78, 5) is 22.7. The first kappa shape index (κ1) is 19.1. The third kappa shape index (κ3) is 4.04. The Kier molecular flexibility index (Phi) is 5.39. The summed E-state index contributed by atoms with van der Waals surface area (Å²) < 4.78 is 10.8. The van der Waals surface area contributed by atoms with Gasteiger partial charge in [0.15, 0.2) is 16.6 Å². The summed E-state index contributed by atoms with van der Waals surface area (Å²) in [6, 6.07) is 13.3. The summed E-state index contributed by atoms with van der Waals surface area (Å²) in [5.74, 6) is 1.98. The third-order valence-electron chi connectivity index (χ3n) is 4.38. The van der Waals surface area contributed by atoms with Crippen molar-refractivity contribution in [3.8, 4) is 22.8 Å². The Hall–Kier alpha value is -2.88. The number of thioether (sulfide) groups is 1. The Bertz CT molecular complexity index is 1190. The van der Waals surface area contributed by atoms with Gasteiger partial charge >= 0.3 is 0 Å². The smallest absolute Gasteiger partial charge is 0.258 e. The molecule has 3 heterocycles. The van der Waals surface area contributed by atoms with Gasteiger partial charge in [-0.25, -0.2) is 9.97 Å². The number of amides is 1. The van der Waals surface area contributed by atoms with Crippen LogP contribution in [0.1, 0.15) is 16.1 Å². The Morgan fingerprint density at radius 3 is 2.93 bits per heavy atom. The maximum absolute atomic E-state index is 12.9. The SMILES string of the molecule is O=C(Nc1nc(-c2ccc3c(c2)OCO3)cs1)c1ccccc1SCc1cscn1. The molecule has 2 aromatic carbocycles. The highest BCUT2D eigenvalue weighted by molar-refractivity contribution is 7.98. The zero-order chi connectivity index (χ0) is 20.3. The summed E-state index contributed by atoms with van der Waals surface area (Å²) in [5.41, 5.74) is 5.13. The van der Waals surface area contributed by atoms with Gasteiger partial charge < -0.3 is 9.47 Å². The summed E-state index contributed by atoms with van der Waals surface area (Å²) in [7, 11) is 0. The summed E-state index contributed by atoms with van der Waals surface area (Å²) in [6.45, 7) is 0.233. The predicted molar refractivity (Wildman–Crippen MR) is 120 cm³/mol. The van der Waals surface area contributed by atoms with Crippen LogP contribution in [0.25, 0.3) is 11.3 Å². The quantitative estimate of drug-likeness (QED) is 0.387. The van der Waals surface area contributed by atoms with Gasteiger partial charge in [-0.15, -0.1) is 34.4 Å². The van der Waals surface area contributed by atoms with E-state index in [2.05, 4.69) is 15.3 Å². The van der Waals surface area contributed by atoms with E-state index in [1.165, 1.54) is 11.3 Å². The number of thiazole rings is 2. The molecule has 2 aromatic heterocycles. The van der Waals surface area contributed by atoms with Crippen molar-refractivity contribution in [2.75, 3.05) is 12.1 Å². The average molecular weight is 454 g/mol. The molecule has 30 heavy (non-hydrogen) atoms. The standard InChI is InChI=1S/C21H15N3O3S3/c25-20(15-3-1-2-4-19(15)29-9-14-8-28-11-22-14)24-21-23-16(10-30-21)13-5-6-17-18(7-13)27-12-26-17/h1-8,10-11H,9,12H2,(H,23,24,25). The molecule has 0 radical (unpaired) electrons. The molecule has 150 valence electrons. The Balaban J connectivity index is 1.30. The van der Waals surface area contributed by atoms with E-state index in [-0.39, 0.29) is 12.7 Å². The number of aromatic nitrogens is 2. The zero-order valence-corrected chi connectivity index (χ0v) is 18.0. The van der Waals surface area contributed by atoms with Crippen molar-refractivity contribution in [1.82, 2.24) is 9.97 Å². The highest BCUT2D eigenvalue weighted by Crippen LogP contribution is 2.36. The molecular formula is C21H15N3O3S3. The van der Waals surface area contributed by atoms with Crippen molar-refractivity contribution in [3.05, 3.63) is 70.0 Å². The minimum absolute atomic E-state index is 0.178. The molecule has 1 N–H and O–H groups in total. The van der Waals surface area contributed by atoms with E-state index in [4.69, 9.17) is 9.47 Å². The van der Waals surface area contributed by atoms with Gasteiger partial charge in [0.05, 0.1) is 22.5 Å². The fourth-order valence-electron chi connectivity index (χ4n) is 2.92. The van der Waals surface area contributed by atoms with Crippen LogP contribution in [0, 0.1) is 0 Å². The lowest BCUT2D eigenvalue weighted by Gasteiger charge is -2.08. The van der Waals surface area contributed by atoms with Crippen LogP contribution in [-0.4, -0.2) is 22.7 Å². The fourth-order valence-corrected chi connectivity index (χ4v) is 5.26. The van der Waals surface area contributed by atoms with Crippen molar-refractivity contribution in [2.45, 2.75) is 10.6 Å². The van der Waals surface area contributed by atoms with Crippen LogP contribution in [0.3, 0.4) is 0 Å². The lowest BCUT2D eigenvalue weighted by molar-refractivity contribution is 0.102. The number of rotatable bonds is 6. The molecule has 9 heteroatoms. The summed E-state index contributed by atoms with van der Waals surface area (Å²) in [6.07, 6.45) is 0. The average Bonchev–Trinajstić information content (AvgIpc) is 3.53. The summed E-state index contributed by atoms with van der Waals surface area (Å²) in [5, 5.41) is 7.40.